The van der Waals surface area contributed by atoms with E-state index in [0.717, 1.165) is 44.9 Å². The SMILES string of the molecule is C[C@@]1(O)CC[C@@]2(C)[C@@H](CC[C@@H]3[C@@H]2CC[C@]2(C)[C@@H](C(=O)CSS(=O)(=O)[O-])CC[C@@H]32)C1.[Na+]. The summed E-state index contributed by atoms with van der Waals surface area (Å²) >= 11 is 0. The molecule has 0 bridgehead atoms. The zero-order valence-corrected chi connectivity index (χ0v) is 22.5. The van der Waals surface area contributed by atoms with Crippen molar-refractivity contribution in [2.45, 2.75) is 84.2 Å². The Labute approximate surface area is 207 Å². The predicted octanol–water partition coefficient (Wildman–Crippen LogP) is 1.16. The molecule has 0 aromatic rings. The van der Waals surface area contributed by atoms with Crippen molar-refractivity contribution in [3.8, 4) is 0 Å². The third-order valence-corrected chi connectivity index (χ3v) is 11.6. The van der Waals surface area contributed by atoms with Gasteiger partial charge in [0, 0.05) is 5.92 Å². The summed E-state index contributed by atoms with van der Waals surface area (Å²) in [6.07, 6.45) is 9.26. The van der Waals surface area contributed by atoms with Crippen LogP contribution in [0, 0.1) is 40.4 Å². The van der Waals surface area contributed by atoms with Crippen molar-refractivity contribution in [3.05, 3.63) is 0 Å². The minimum Gasteiger partial charge on any atom is -0.739 e. The van der Waals surface area contributed by atoms with Gasteiger partial charge >= 0.3 is 29.6 Å². The molecule has 0 aromatic heterocycles. The smallest absolute Gasteiger partial charge is 0.739 e. The standard InChI is InChI=1S/C22H36O5S2.Na/c1-20(24)10-11-21(2)14(12-20)4-5-15-16-6-7-18(19(23)13-28-29(25,26)27)22(16,3)9-8-17(15)21;/h14-18,24H,4-13H2,1-3H3,(H,25,26,27);/q;+1/p-1/t14-,15-,16-,17-,18+,20+,21-,22-;/m0./s1. The first kappa shape index (κ1) is 25.5. The largest absolute Gasteiger partial charge is 1.00 e. The van der Waals surface area contributed by atoms with Crippen molar-refractivity contribution in [2.24, 2.45) is 40.4 Å². The fraction of sp³-hybridized carbons (Fsp3) is 0.955. The van der Waals surface area contributed by atoms with Gasteiger partial charge in [-0.1, -0.05) is 13.8 Å². The molecule has 0 aromatic carbocycles. The average molecular weight is 467 g/mol. The topological polar surface area (TPSA) is 94.5 Å². The number of rotatable bonds is 4. The zero-order chi connectivity index (χ0) is 21.2. The van der Waals surface area contributed by atoms with Crippen molar-refractivity contribution in [3.63, 3.8) is 0 Å². The predicted molar refractivity (Wildman–Crippen MR) is 113 cm³/mol. The van der Waals surface area contributed by atoms with Gasteiger partial charge in [0.15, 0.2) is 0 Å². The summed E-state index contributed by atoms with van der Waals surface area (Å²) in [7, 11) is -4.18. The van der Waals surface area contributed by atoms with Crippen LogP contribution in [0.15, 0.2) is 0 Å². The van der Waals surface area contributed by atoms with Gasteiger partial charge in [-0.2, -0.15) is 0 Å². The monoisotopic (exact) mass is 466 g/mol. The quantitative estimate of drug-likeness (QED) is 0.380. The number of ketones is 1. The summed E-state index contributed by atoms with van der Waals surface area (Å²) in [5.74, 6) is 2.04. The Hall–Kier alpha value is 0.890. The van der Waals surface area contributed by atoms with E-state index in [9.17, 15) is 22.9 Å². The Balaban J connectivity index is 0.00000256. The van der Waals surface area contributed by atoms with Crippen LogP contribution in [-0.4, -0.2) is 35.2 Å². The van der Waals surface area contributed by atoms with Crippen LogP contribution in [0.5, 0.6) is 0 Å². The molecule has 1 N–H and O–H groups in total. The summed E-state index contributed by atoms with van der Waals surface area (Å²) in [5, 5.41) is 10.6. The second-order valence-electron chi connectivity index (χ2n) is 11.2. The maximum absolute atomic E-state index is 12.8. The number of Topliss-reactive ketones (excluding diaryl/α,β-unsaturated/α-hetero) is 1. The first-order valence-electron chi connectivity index (χ1n) is 11.2. The summed E-state index contributed by atoms with van der Waals surface area (Å²) < 4.78 is 32.9. The van der Waals surface area contributed by atoms with Gasteiger partial charge in [-0.3, -0.25) is 4.79 Å². The Morgan fingerprint density at radius 1 is 1.00 bits per heavy atom. The summed E-state index contributed by atoms with van der Waals surface area (Å²) in [6.45, 7) is 6.70. The molecule has 4 aliphatic carbocycles. The van der Waals surface area contributed by atoms with Crippen LogP contribution in [0.4, 0.5) is 0 Å². The molecular weight excluding hydrogens is 431 g/mol. The van der Waals surface area contributed by atoms with Gasteiger partial charge in [0.05, 0.1) is 11.4 Å². The molecule has 30 heavy (non-hydrogen) atoms. The van der Waals surface area contributed by atoms with Crippen molar-refractivity contribution in [1.82, 2.24) is 0 Å². The molecule has 0 radical (unpaired) electrons. The second kappa shape index (κ2) is 8.59. The van der Waals surface area contributed by atoms with E-state index in [1.807, 2.05) is 6.92 Å². The van der Waals surface area contributed by atoms with Gasteiger partial charge in [0.2, 0.25) is 0 Å². The maximum Gasteiger partial charge on any atom is 1.00 e. The molecule has 0 unspecified atom stereocenters. The fourth-order valence-corrected chi connectivity index (χ4v) is 9.43. The van der Waals surface area contributed by atoms with Gasteiger partial charge in [0.1, 0.15) is 14.9 Å². The van der Waals surface area contributed by atoms with E-state index < -0.39 is 14.8 Å². The van der Waals surface area contributed by atoms with Crippen molar-refractivity contribution < 1.29 is 52.4 Å². The minimum atomic E-state index is -4.42. The van der Waals surface area contributed by atoms with Crippen LogP contribution < -0.4 is 29.6 Å². The van der Waals surface area contributed by atoms with E-state index >= 15 is 0 Å². The molecule has 5 nitrogen and oxygen atoms in total. The summed E-state index contributed by atoms with van der Waals surface area (Å²) in [6, 6.07) is 0. The molecule has 4 aliphatic rings. The van der Waals surface area contributed by atoms with E-state index in [1.165, 1.54) is 12.8 Å². The minimum absolute atomic E-state index is 0. The molecule has 0 heterocycles. The number of carbonyl (C=O) groups excluding carboxylic acids is 1. The normalized spacial score (nSPS) is 48.1. The molecule has 4 rings (SSSR count). The third kappa shape index (κ3) is 4.47. The Morgan fingerprint density at radius 2 is 1.67 bits per heavy atom. The second-order valence-corrected chi connectivity index (χ2v) is 14.4. The number of fused-ring (bicyclic) bond motifs is 5. The molecule has 8 atom stereocenters. The first-order valence-corrected chi connectivity index (χ1v) is 14.1. The Kier molecular flexibility index (Phi) is 7.31. The van der Waals surface area contributed by atoms with Gasteiger partial charge in [-0.15, -0.1) is 0 Å². The van der Waals surface area contributed by atoms with Crippen LogP contribution in [0.25, 0.3) is 0 Å². The van der Waals surface area contributed by atoms with Crippen molar-refractivity contribution >= 4 is 25.7 Å². The molecule has 0 spiro atoms. The molecule has 0 saturated heterocycles. The number of hydrogen-bond acceptors (Lipinski definition) is 6. The number of carbonyl (C=O) groups is 1. The molecular formula is C22H35NaO5S2. The van der Waals surface area contributed by atoms with Crippen molar-refractivity contribution in [1.29, 1.82) is 0 Å². The van der Waals surface area contributed by atoms with Crippen LogP contribution in [0.3, 0.4) is 0 Å². The summed E-state index contributed by atoms with van der Waals surface area (Å²) in [5.41, 5.74) is -0.291. The van der Waals surface area contributed by atoms with Gasteiger partial charge in [-0.05, 0) is 110 Å². The zero-order valence-electron chi connectivity index (χ0n) is 18.9. The maximum atomic E-state index is 12.8. The number of aliphatic hydroxyl groups is 1. The van der Waals surface area contributed by atoms with E-state index in [4.69, 9.17) is 0 Å². The average Bonchev–Trinajstić information content (AvgIpc) is 2.97. The van der Waals surface area contributed by atoms with Crippen LogP contribution in [-0.2, 0) is 13.9 Å². The van der Waals surface area contributed by atoms with E-state index in [0.29, 0.717) is 29.1 Å². The van der Waals surface area contributed by atoms with E-state index in [2.05, 4.69) is 13.8 Å². The Morgan fingerprint density at radius 3 is 2.33 bits per heavy atom. The van der Waals surface area contributed by atoms with Crippen LogP contribution >= 0.6 is 10.8 Å². The summed E-state index contributed by atoms with van der Waals surface area (Å²) in [4.78, 5) is 12.8. The molecule has 8 heteroatoms. The first-order chi connectivity index (χ1) is 13.4. The van der Waals surface area contributed by atoms with Gasteiger partial charge in [-0.25, -0.2) is 8.42 Å². The fourth-order valence-electron chi connectivity index (χ4n) is 8.19. The molecule has 0 aliphatic heterocycles. The van der Waals surface area contributed by atoms with Crippen molar-refractivity contribution in [2.75, 3.05) is 5.75 Å². The van der Waals surface area contributed by atoms with Gasteiger partial charge < -0.3 is 9.66 Å². The number of hydrogen-bond donors (Lipinski definition) is 1. The van der Waals surface area contributed by atoms with Crippen LogP contribution in [0.2, 0.25) is 0 Å². The van der Waals surface area contributed by atoms with Gasteiger partial charge in [0.25, 0.3) is 0 Å². The van der Waals surface area contributed by atoms with Crippen LogP contribution in [0.1, 0.15) is 78.6 Å². The third-order valence-electron chi connectivity index (χ3n) is 9.69. The van der Waals surface area contributed by atoms with E-state index in [1.54, 1.807) is 0 Å². The van der Waals surface area contributed by atoms with E-state index in [-0.39, 0.29) is 63.2 Å². The molecule has 166 valence electrons. The molecule has 4 saturated carbocycles. The Bertz CT molecular complexity index is 784. The molecule has 0 amide bonds. The molecule has 4 fully saturated rings.